The fourth-order valence-corrected chi connectivity index (χ4v) is 3.24. The molecule has 0 saturated carbocycles. The number of nitrogens with one attached hydrogen (secondary N) is 2. The topological polar surface area (TPSA) is 68.3 Å². The third-order valence-electron chi connectivity index (χ3n) is 4.42. The number of benzene rings is 2. The van der Waals surface area contributed by atoms with E-state index < -0.39 is 0 Å². The second-order valence-corrected chi connectivity index (χ2v) is 6.81. The van der Waals surface area contributed by atoms with Crippen molar-refractivity contribution >= 4 is 23.1 Å². The van der Waals surface area contributed by atoms with Crippen LogP contribution in [0.5, 0.6) is 11.5 Å². The molecule has 0 spiro atoms. The minimum absolute atomic E-state index is 0.511. The van der Waals surface area contributed by atoms with Crippen LogP contribution in [0.4, 0.5) is 23.1 Å². The van der Waals surface area contributed by atoms with Crippen LogP contribution >= 0.6 is 0 Å². The van der Waals surface area contributed by atoms with Crippen molar-refractivity contribution in [3.8, 4) is 11.5 Å². The molecule has 0 fully saturated rings. The van der Waals surface area contributed by atoms with Crippen molar-refractivity contribution in [2.24, 2.45) is 0 Å². The van der Waals surface area contributed by atoms with Gasteiger partial charge in [-0.1, -0.05) is 17.7 Å². The summed E-state index contributed by atoms with van der Waals surface area (Å²) in [7, 11) is 3.22. The summed E-state index contributed by atoms with van der Waals surface area (Å²) in [6.07, 6.45) is 0. The first-order chi connectivity index (χ1) is 13.4. The van der Waals surface area contributed by atoms with Crippen molar-refractivity contribution in [2.45, 2.75) is 27.7 Å². The third kappa shape index (κ3) is 4.34. The average molecular weight is 378 g/mol. The van der Waals surface area contributed by atoms with Crippen molar-refractivity contribution in [3.63, 3.8) is 0 Å². The minimum atomic E-state index is 0.511. The highest BCUT2D eigenvalue weighted by Crippen LogP contribution is 2.31. The second kappa shape index (κ2) is 8.17. The molecular weight excluding hydrogens is 352 g/mol. The molecule has 2 N–H and O–H groups in total. The van der Waals surface area contributed by atoms with Gasteiger partial charge in [0.05, 0.1) is 14.2 Å². The maximum absolute atomic E-state index is 5.36. The zero-order valence-electron chi connectivity index (χ0n) is 17.2. The number of aromatic nitrogens is 2. The van der Waals surface area contributed by atoms with E-state index in [4.69, 9.17) is 9.47 Å². The van der Waals surface area contributed by atoms with Crippen molar-refractivity contribution in [3.05, 3.63) is 58.8 Å². The first-order valence-electron chi connectivity index (χ1n) is 9.09. The molecule has 1 heterocycles. The fourth-order valence-electron chi connectivity index (χ4n) is 3.24. The Bertz CT molecular complexity index is 979. The van der Waals surface area contributed by atoms with E-state index in [1.165, 1.54) is 16.7 Å². The molecule has 146 valence electrons. The van der Waals surface area contributed by atoms with Gasteiger partial charge in [-0.05, 0) is 51.0 Å². The SMILES string of the molecule is COc1ccc(Nc2nc(C)cc(Nc3c(C)cc(C)cc3C)n2)cc1OC. The maximum atomic E-state index is 5.36. The van der Waals surface area contributed by atoms with Crippen molar-refractivity contribution in [1.29, 1.82) is 0 Å². The van der Waals surface area contributed by atoms with Crippen LogP contribution in [0.3, 0.4) is 0 Å². The van der Waals surface area contributed by atoms with Gasteiger partial charge in [-0.3, -0.25) is 0 Å². The number of hydrogen-bond acceptors (Lipinski definition) is 6. The van der Waals surface area contributed by atoms with Gasteiger partial charge in [-0.2, -0.15) is 4.98 Å². The van der Waals surface area contributed by atoms with Gasteiger partial charge in [0.2, 0.25) is 5.95 Å². The normalized spacial score (nSPS) is 10.5. The molecule has 0 amide bonds. The van der Waals surface area contributed by atoms with Gasteiger partial charge in [0.1, 0.15) is 5.82 Å². The number of rotatable bonds is 6. The Kier molecular flexibility index (Phi) is 5.68. The lowest BCUT2D eigenvalue weighted by atomic mass is 10.1. The first-order valence-corrected chi connectivity index (χ1v) is 9.09. The molecule has 2 aromatic carbocycles. The second-order valence-electron chi connectivity index (χ2n) is 6.81. The Hall–Kier alpha value is -3.28. The van der Waals surface area contributed by atoms with Crippen molar-refractivity contribution in [2.75, 3.05) is 24.9 Å². The molecule has 3 aromatic rings. The smallest absolute Gasteiger partial charge is 0.229 e. The Labute approximate surface area is 166 Å². The molecule has 0 aliphatic carbocycles. The lowest BCUT2D eigenvalue weighted by Gasteiger charge is -2.15. The standard InChI is InChI=1S/C22H26N4O2/c1-13-9-14(2)21(15(3)10-13)25-20-11-16(4)23-22(26-20)24-17-7-8-18(27-5)19(12-17)28-6/h7-12H,1-6H3,(H2,23,24,25,26). The Morgan fingerprint density at radius 1 is 0.750 bits per heavy atom. The first kappa shape index (κ1) is 19.5. The van der Waals surface area contributed by atoms with Crippen LogP contribution in [0.2, 0.25) is 0 Å². The largest absolute Gasteiger partial charge is 0.493 e. The molecule has 0 aliphatic heterocycles. The molecule has 0 aliphatic rings. The maximum Gasteiger partial charge on any atom is 0.229 e. The van der Waals surface area contributed by atoms with E-state index in [2.05, 4.69) is 53.5 Å². The van der Waals surface area contributed by atoms with Crippen LogP contribution in [-0.2, 0) is 0 Å². The number of anilines is 4. The van der Waals surface area contributed by atoms with Gasteiger partial charge in [0, 0.05) is 29.2 Å². The Morgan fingerprint density at radius 2 is 1.43 bits per heavy atom. The Balaban J connectivity index is 1.88. The molecule has 0 saturated heterocycles. The number of aryl methyl sites for hydroxylation is 4. The minimum Gasteiger partial charge on any atom is -0.493 e. The molecular formula is C22H26N4O2. The molecule has 6 heteroatoms. The van der Waals surface area contributed by atoms with Gasteiger partial charge in [0.15, 0.2) is 11.5 Å². The molecule has 28 heavy (non-hydrogen) atoms. The zero-order valence-corrected chi connectivity index (χ0v) is 17.2. The third-order valence-corrected chi connectivity index (χ3v) is 4.42. The average Bonchev–Trinajstić information content (AvgIpc) is 2.64. The molecule has 1 aromatic heterocycles. The van der Waals surface area contributed by atoms with Gasteiger partial charge in [0.25, 0.3) is 0 Å². The van der Waals surface area contributed by atoms with E-state index in [9.17, 15) is 0 Å². The summed E-state index contributed by atoms with van der Waals surface area (Å²) in [5, 5.41) is 6.68. The highest BCUT2D eigenvalue weighted by molar-refractivity contribution is 5.67. The van der Waals surface area contributed by atoms with Gasteiger partial charge in [-0.25, -0.2) is 4.98 Å². The monoisotopic (exact) mass is 378 g/mol. The summed E-state index contributed by atoms with van der Waals surface area (Å²) in [4.78, 5) is 9.11. The number of nitrogens with zero attached hydrogens (tertiary/aromatic N) is 2. The van der Waals surface area contributed by atoms with E-state index in [1.807, 2.05) is 31.2 Å². The van der Waals surface area contributed by atoms with Crippen LogP contribution in [0.1, 0.15) is 22.4 Å². The Morgan fingerprint density at radius 3 is 2.07 bits per heavy atom. The number of ether oxygens (including phenoxy) is 2. The van der Waals surface area contributed by atoms with Crippen LogP contribution in [0.25, 0.3) is 0 Å². The molecule has 0 bridgehead atoms. The van der Waals surface area contributed by atoms with Crippen molar-refractivity contribution < 1.29 is 9.47 Å². The number of hydrogen-bond donors (Lipinski definition) is 2. The van der Waals surface area contributed by atoms with E-state index in [0.717, 1.165) is 22.9 Å². The van der Waals surface area contributed by atoms with Gasteiger partial charge in [-0.15, -0.1) is 0 Å². The number of methoxy groups -OCH3 is 2. The van der Waals surface area contributed by atoms with E-state index in [1.54, 1.807) is 14.2 Å². The highest BCUT2D eigenvalue weighted by Gasteiger charge is 2.09. The van der Waals surface area contributed by atoms with E-state index in [-0.39, 0.29) is 0 Å². The predicted molar refractivity (Wildman–Crippen MR) is 114 cm³/mol. The molecule has 0 radical (unpaired) electrons. The van der Waals surface area contributed by atoms with Crippen LogP contribution < -0.4 is 20.1 Å². The predicted octanol–water partition coefficient (Wildman–Crippen LogP) is 5.21. The van der Waals surface area contributed by atoms with Crippen LogP contribution in [-0.4, -0.2) is 24.2 Å². The van der Waals surface area contributed by atoms with E-state index in [0.29, 0.717) is 17.4 Å². The summed E-state index contributed by atoms with van der Waals surface area (Å²) in [6.45, 7) is 8.24. The lowest BCUT2D eigenvalue weighted by molar-refractivity contribution is 0.355. The fraction of sp³-hybridized carbons (Fsp3) is 0.273. The molecule has 0 unspecified atom stereocenters. The van der Waals surface area contributed by atoms with E-state index >= 15 is 0 Å². The van der Waals surface area contributed by atoms with Crippen LogP contribution in [0, 0.1) is 27.7 Å². The summed E-state index contributed by atoms with van der Waals surface area (Å²) in [5.74, 6) is 2.57. The summed E-state index contributed by atoms with van der Waals surface area (Å²) in [5.41, 5.74) is 6.36. The van der Waals surface area contributed by atoms with Crippen molar-refractivity contribution in [1.82, 2.24) is 9.97 Å². The summed E-state index contributed by atoms with van der Waals surface area (Å²) in [6, 6.07) is 11.8. The van der Waals surface area contributed by atoms with Crippen LogP contribution in [0.15, 0.2) is 36.4 Å². The van der Waals surface area contributed by atoms with Gasteiger partial charge >= 0.3 is 0 Å². The summed E-state index contributed by atoms with van der Waals surface area (Å²) >= 11 is 0. The van der Waals surface area contributed by atoms with Gasteiger partial charge < -0.3 is 20.1 Å². The highest BCUT2D eigenvalue weighted by atomic mass is 16.5. The zero-order chi connectivity index (χ0) is 20.3. The summed E-state index contributed by atoms with van der Waals surface area (Å²) < 4.78 is 10.6. The quantitative estimate of drug-likeness (QED) is 0.613. The lowest BCUT2D eigenvalue weighted by Crippen LogP contribution is -2.04. The molecule has 0 atom stereocenters. The molecule has 3 rings (SSSR count). The molecule has 6 nitrogen and oxygen atoms in total.